The Labute approximate surface area is 327 Å². The van der Waals surface area contributed by atoms with Gasteiger partial charge in [0, 0.05) is 37.2 Å². The third-order valence-electron chi connectivity index (χ3n) is 9.72. The molecule has 13 nitrogen and oxygen atoms in total. The van der Waals surface area contributed by atoms with Gasteiger partial charge >= 0.3 is 18.9 Å². The molecular weight excluding hydrogens is 774 g/mol. The molecule has 2 heterocycles. The van der Waals surface area contributed by atoms with E-state index in [2.05, 4.69) is 37.5 Å². The van der Waals surface area contributed by atoms with E-state index in [1.165, 1.54) is 29.5 Å². The number of thiophene rings is 1. The second kappa shape index (κ2) is 18.7. The number of hydrogen-bond acceptors (Lipinski definition) is 11. The number of esters is 1. The normalized spacial score (nSPS) is 18.8. The number of ether oxygens (including phenoxy) is 2. The second-order valence-electron chi connectivity index (χ2n) is 13.6. The fourth-order valence-electron chi connectivity index (χ4n) is 6.87. The summed E-state index contributed by atoms with van der Waals surface area (Å²) in [6.07, 6.45) is -2.37. The van der Waals surface area contributed by atoms with Gasteiger partial charge in [0.1, 0.15) is 6.04 Å². The molecule has 2 aromatic carbocycles. The highest BCUT2D eigenvalue weighted by Gasteiger charge is 2.33. The van der Waals surface area contributed by atoms with E-state index >= 15 is 0 Å². The maximum atomic E-state index is 13.9. The molecule has 1 aliphatic carbocycles. The summed E-state index contributed by atoms with van der Waals surface area (Å²) in [5.41, 5.74) is 6.45. The van der Waals surface area contributed by atoms with Gasteiger partial charge in [-0.05, 0) is 67.3 Å². The zero-order valence-electron chi connectivity index (χ0n) is 30.7. The maximum absolute atomic E-state index is 13.9. The van der Waals surface area contributed by atoms with Crippen LogP contribution < -0.4 is 26.4 Å². The Kier molecular flexibility index (Phi) is 14.1. The van der Waals surface area contributed by atoms with Gasteiger partial charge in [-0.15, -0.1) is 11.3 Å². The summed E-state index contributed by atoms with van der Waals surface area (Å²) in [5.74, 6) is 4.22. The summed E-state index contributed by atoms with van der Waals surface area (Å²) >= 11 is 1.19. The number of methoxy groups -OCH3 is 1. The third-order valence-corrected chi connectivity index (χ3v) is 12.5. The van der Waals surface area contributed by atoms with E-state index in [1.807, 2.05) is 6.07 Å². The Balaban J connectivity index is 1.29. The van der Waals surface area contributed by atoms with Crippen molar-refractivity contribution in [3.63, 3.8) is 0 Å². The number of rotatable bonds is 14. The van der Waals surface area contributed by atoms with Crippen molar-refractivity contribution in [1.82, 2.24) is 10.2 Å². The molecule has 56 heavy (non-hydrogen) atoms. The standard InChI is InChI=1S/C38H43F3N6O7S2/c1-43-23-54-32-21-24(36(49)46-31(37(50)53-2)14-15-34(42)48)8-13-29(32)44-16-4-7-33-28(22-38(39,40)41)27-5-3-6-30(35(27)55-33)45-25-9-11-26(12-10-25)47-17-19-56(51,52)20-18-47/h3,5-6,8,13,21,25-26,31,44-45H,9-12,14-20,22-23H2,2H3,(H2,42,48)(H,46,49). The van der Waals surface area contributed by atoms with Crippen LogP contribution in [0.15, 0.2) is 36.4 Å². The van der Waals surface area contributed by atoms with Crippen molar-refractivity contribution < 1.29 is 45.4 Å². The van der Waals surface area contributed by atoms with Crippen molar-refractivity contribution >= 4 is 60.4 Å². The number of nitrogens with two attached hydrogens (primary N) is 1. The van der Waals surface area contributed by atoms with Crippen LogP contribution in [-0.2, 0) is 30.6 Å². The van der Waals surface area contributed by atoms with Crippen LogP contribution in [0.4, 0.5) is 24.5 Å². The van der Waals surface area contributed by atoms with E-state index in [0.29, 0.717) is 34.9 Å². The van der Waals surface area contributed by atoms with Gasteiger partial charge in [0.2, 0.25) is 5.91 Å². The number of benzene rings is 2. The lowest BCUT2D eigenvalue weighted by molar-refractivity contribution is -0.143. The SMILES string of the molecule is [C-]#[N+]COc1cc(C(=O)NC(CCC(N)=O)C(=O)OC)ccc1NCC#Cc1sc2c(NC3CCC(N4CCS(=O)(=O)CC4)CC3)cccc2c1CC(F)(F)F. The van der Waals surface area contributed by atoms with Gasteiger partial charge in [-0.25, -0.2) is 19.8 Å². The van der Waals surface area contributed by atoms with Crippen molar-refractivity contribution in [3.05, 3.63) is 63.8 Å². The first-order valence-electron chi connectivity index (χ1n) is 18.0. The van der Waals surface area contributed by atoms with Crippen LogP contribution in [0.5, 0.6) is 5.75 Å². The number of amides is 2. The number of carbonyl (C=O) groups is 3. The Morgan fingerprint density at radius 2 is 1.84 bits per heavy atom. The molecule has 3 aromatic rings. The fraction of sp³-hybridized carbons (Fsp3) is 0.474. The highest BCUT2D eigenvalue weighted by molar-refractivity contribution is 7.91. The number of fused-ring (bicyclic) bond motifs is 1. The van der Waals surface area contributed by atoms with Crippen molar-refractivity contribution in [2.45, 2.75) is 69.2 Å². The van der Waals surface area contributed by atoms with E-state index in [-0.39, 0.29) is 65.4 Å². The smallest absolute Gasteiger partial charge is 0.393 e. The van der Waals surface area contributed by atoms with E-state index in [9.17, 15) is 36.0 Å². The lowest BCUT2D eigenvalue weighted by Gasteiger charge is -2.39. The highest BCUT2D eigenvalue weighted by Crippen LogP contribution is 2.40. The first kappa shape index (κ1) is 42.1. The van der Waals surface area contributed by atoms with Crippen LogP contribution in [0, 0.1) is 18.4 Å². The molecule has 2 amide bonds. The quantitative estimate of drug-likeness (QED) is 0.101. The predicted octanol–water partition coefficient (Wildman–Crippen LogP) is 4.72. The Morgan fingerprint density at radius 1 is 1.11 bits per heavy atom. The monoisotopic (exact) mass is 816 g/mol. The summed E-state index contributed by atoms with van der Waals surface area (Å²) in [6, 6.07) is 8.86. The maximum Gasteiger partial charge on any atom is 0.393 e. The number of sulfone groups is 1. The third kappa shape index (κ3) is 11.5. The summed E-state index contributed by atoms with van der Waals surface area (Å²) in [5, 5.41) is 9.59. The summed E-state index contributed by atoms with van der Waals surface area (Å²) < 4.78 is 76.2. The molecule has 1 aliphatic heterocycles. The minimum atomic E-state index is -4.47. The number of nitrogens with zero attached hydrogens (tertiary/aromatic N) is 2. The van der Waals surface area contributed by atoms with Gasteiger partial charge in [-0.3, -0.25) is 19.3 Å². The zero-order valence-corrected chi connectivity index (χ0v) is 32.3. The number of hydrogen-bond donors (Lipinski definition) is 4. The molecule has 1 atom stereocenters. The second-order valence-corrected chi connectivity index (χ2v) is 16.9. The van der Waals surface area contributed by atoms with Gasteiger partial charge in [0.25, 0.3) is 5.91 Å². The van der Waals surface area contributed by atoms with Gasteiger partial charge in [-0.1, -0.05) is 24.0 Å². The molecule has 2 fully saturated rings. The van der Waals surface area contributed by atoms with Crippen LogP contribution in [-0.4, -0.2) is 100 Å². The van der Waals surface area contributed by atoms with Crippen molar-refractivity contribution in [2.75, 3.05) is 55.6 Å². The van der Waals surface area contributed by atoms with Crippen LogP contribution >= 0.6 is 11.3 Å². The molecule has 0 spiro atoms. The molecule has 0 radical (unpaired) electrons. The van der Waals surface area contributed by atoms with Crippen molar-refractivity contribution in [1.29, 1.82) is 0 Å². The zero-order chi connectivity index (χ0) is 40.5. The van der Waals surface area contributed by atoms with Crippen LogP contribution in [0.1, 0.15) is 59.3 Å². The molecule has 1 saturated carbocycles. The number of carbonyl (C=O) groups excluding carboxylic acids is 3. The van der Waals surface area contributed by atoms with E-state index in [0.717, 1.165) is 38.5 Å². The van der Waals surface area contributed by atoms with Crippen LogP contribution in [0.2, 0.25) is 0 Å². The van der Waals surface area contributed by atoms with E-state index in [4.69, 9.17) is 21.8 Å². The van der Waals surface area contributed by atoms with Crippen LogP contribution in [0.25, 0.3) is 14.9 Å². The molecule has 1 unspecified atom stereocenters. The predicted molar refractivity (Wildman–Crippen MR) is 207 cm³/mol. The molecule has 2 aliphatic rings. The summed E-state index contributed by atoms with van der Waals surface area (Å²) in [6.45, 7) is 7.82. The van der Waals surface area contributed by atoms with Gasteiger partial charge in [0.05, 0.1) is 52.5 Å². The summed E-state index contributed by atoms with van der Waals surface area (Å²) in [7, 11) is -1.82. The number of primary amides is 1. The largest absolute Gasteiger partial charge is 0.467 e. The Morgan fingerprint density at radius 3 is 2.50 bits per heavy atom. The molecule has 18 heteroatoms. The average Bonchev–Trinajstić information content (AvgIpc) is 3.50. The molecule has 300 valence electrons. The molecule has 1 saturated heterocycles. The highest BCUT2D eigenvalue weighted by atomic mass is 32.2. The average molecular weight is 817 g/mol. The number of alkyl halides is 3. The van der Waals surface area contributed by atoms with E-state index in [1.54, 1.807) is 12.1 Å². The van der Waals surface area contributed by atoms with Gasteiger partial charge in [-0.2, -0.15) is 13.2 Å². The van der Waals surface area contributed by atoms with Crippen LogP contribution in [0.3, 0.4) is 0 Å². The van der Waals surface area contributed by atoms with Gasteiger partial charge in [0.15, 0.2) is 15.6 Å². The molecule has 1 aromatic heterocycles. The molecular formula is C38H43F3N6O7S2. The van der Waals surface area contributed by atoms with Crippen molar-refractivity contribution in [3.8, 4) is 17.6 Å². The molecule has 5 rings (SSSR count). The first-order valence-corrected chi connectivity index (χ1v) is 20.6. The number of halogens is 3. The topological polar surface area (TPSA) is 174 Å². The minimum absolute atomic E-state index is 0.0194. The fourth-order valence-corrected chi connectivity index (χ4v) is 9.27. The Bertz CT molecular complexity index is 2120. The van der Waals surface area contributed by atoms with Crippen molar-refractivity contribution in [2.24, 2.45) is 5.73 Å². The number of nitrogens with one attached hydrogen (secondary N) is 3. The van der Waals surface area contributed by atoms with Gasteiger partial charge < -0.3 is 31.2 Å². The molecule has 0 bridgehead atoms. The Hall–Kier alpha value is -5.04. The van der Waals surface area contributed by atoms with E-state index < -0.39 is 46.3 Å². The minimum Gasteiger partial charge on any atom is -0.467 e. The lowest BCUT2D eigenvalue weighted by atomic mass is 9.90. The first-order chi connectivity index (χ1) is 26.7. The molecule has 5 N–H and O–H groups in total. The summed E-state index contributed by atoms with van der Waals surface area (Å²) in [4.78, 5) is 42.1. The lowest BCUT2D eigenvalue weighted by Crippen LogP contribution is -2.48. The number of anilines is 2.